The lowest BCUT2D eigenvalue weighted by Gasteiger charge is -2.10. The molecule has 0 atom stereocenters. The van der Waals surface area contributed by atoms with Crippen molar-refractivity contribution < 1.29 is 9.59 Å². The van der Waals surface area contributed by atoms with Crippen LogP contribution in [0.4, 0.5) is 5.69 Å². The monoisotopic (exact) mass is 543 g/mol. The van der Waals surface area contributed by atoms with Gasteiger partial charge in [0.1, 0.15) is 0 Å². The molecule has 0 aliphatic rings. The van der Waals surface area contributed by atoms with Crippen molar-refractivity contribution in [2.45, 2.75) is 18.2 Å². The molecular formula is C21H17Cl4N5O2S. The highest BCUT2D eigenvalue weighted by Crippen LogP contribution is 2.26. The Balaban J connectivity index is 1.63. The molecule has 0 aliphatic carbocycles. The second-order valence-electron chi connectivity index (χ2n) is 6.57. The summed E-state index contributed by atoms with van der Waals surface area (Å²) in [6, 6.07) is 9.42. The zero-order valence-electron chi connectivity index (χ0n) is 16.9. The van der Waals surface area contributed by atoms with Crippen molar-refractivity contribution >= 4 is 75.7 Å². The zero-order chi connectivity index (χ0) is 24.0. The van der Waals surface area contributed by atoms with Crippen LogP contribution >= 0.6 is 58.2 Å². The van der Waals surface area contributed by atoms with Gasteiger partial charge in [0.2, 0.25) is 5.91 Å². The highest BCUT2D eigenvalue weighted by Gasteiger charge is 2.16. The number of hydrogen-bond donors (Lipinski definition) is 2. The number of hydrogen-bond acceptors (Lipinski definition) is 5. The van der Waals surface area contributed by atoms with Gasteiger partial charge in [0.05, 0.1) is 33.1 Å². The van der Waals surface area contributed by atoms with E-state index in [1.54, 1.807) is 41.0 Å². The molecule has 0 aliphatic heterocycles. The lowest BCUT2D eigenvalue weighted by Crippen LogP contribution is -2.25. The van der Waals surface area contributed by atoms with E-state index in [0.29, 0.717) is 43.8 Å². The summed E-state index contributed by atoms with van der Waals surface area (Å²) >= 11 is 25.1. The lowest BCUT2D eigenvalue weighted by molar-refractivity contribution is -0.113. The Kier molecular flexibility index (Phi) is 9.05. The largest absolute Gasteiger partial charge is 0.345 e. The van der Waals surface area contributed by atoms with E-state index >= 15 is 0 Å². The van der Waals surface area contributed by atoms with Gasteiger partial charge in [-0.1, -0.05) is 64.2 Å². The van der Waals surface area contributed by atoms with E-state index in [0.717, 1.165) is 0 Å². The van der Waals surface area contributed by atoms with E-state index in [4.69, 9.17) is 46.4 Å². The molecule has 3 rings (SSSR count). The van der Waals surface area contributed by atoms with Gasteiger partial charge in [0.15, 0.2) is 11.0 Å². The van der Waals surface area contributed by atoms with Crippen LogP contribution < -0.4 is 10.6 Å². The number of benzene rings is 2. The smallest absolute Gasteiger partial charge is 0.251 e. The molecule has 2 aromatic carbocycles. The van der Waals surface area contributed by atoms with Gasteiger partial charge < -0.3 is 15.2 Å². The van der Waals surface area contributed by atoms with E-state index < -0.39 is 0 Å². The van der Waals surface area contributed by atoms with Crippen LogP contribution in [0.1, 0.15) is 16.2 Å². The molecule has 0 radical (unpaired) electrons. The molecule has 33 heavy (non-hydrogen) atoms. The topological polar surface area (TPSA) is 88.9 Å². The van der Waals surface area contributed by atoms with Gasteiger partial charge in [-0.15, -0.1) is 16.8 Å². The molecule has 7 nitrogen and oxygen atoms in total. The number of aromatic nitrogens is 3. The summed E-state index contributed by atoms with van der Waals surface area (Å²) in [5, 5.41) is 15.7. The fraction of sp³-hybridized carbons (Fsp3) is 0.143. The number of amides is 2. The molecule has 0 unspecified atom stereocenters. The lowest BCUT2D eigenvalue weighted by atomic mass is 10.2. The van der Waals surface area contributed by atoms with Crippen LogP contribution in [0.3, 0.4) is 0 Å². The Morgan fingerprint density at radius 2 is 1.79 bits per heavy atom. The van der Waals surface area contributed by atoms with Gasteiger partial charge >= 0.3 is 0 Å². The number of halogens is 4. The Hall–Kier alpha value is -2.23. The number of anilines is 1. The quantitative estimate of drug-likeness (QED) is 0.265. The third-order valence-electron chi connectivity index (χ3n) is 4.23. The molecule has 0 saturated carbocycles. The summed E-state index contributed by atoms with van der Waals surface area (Å²) in [5.41, 5.74) is 0.790. The van der Waals surface area contributed by atoms with Crippen molar-refractivity contribution in [3.05, 3.63) is 80.5 Å². The summed E-state index contributed by atoms with van der Waals surface area (Å²) in [4.78, 5) is 24.8. The molecule has 0 saturated heterocycles. The van der Waals surface area contributed by atoms with Gasteiger partial charge in [-0.25, -0.2) is 0 Å². The van der Waals surface area contributed by atoms with Crippen molar-refractivity contribution in [1.29, 1.82) is 0 Å². The maximum absolute atomic E-state index is 12.4. The summed E-state index contributed by atoms with van der Waals surface area (Å²) in [6.45, 7) is 4.25. The van der Waals surface area contributed by atoms with Crippen molar-refractivity contribution in [2.24, 2.45) is 0 Å². The number of allylic oxidation sites excluding steroid dienone is 1. The van der Waals surface area contributed by atoms with Gasteiger partial charge in [-0.3, -0.25) is 9.59 Å². The number of carbonyl (C=O) groups excluding carboxylic acids is 2. The maximum atomic E-state index is 12.4. The van der Waals surface area contributed by atoms with E-state index in [2.05, 4.69) is 27.4 Å². The zero-order valence-corrected chi connectivity index (χ0v) is 20.8. The molecule has 172 valence electrons. The predicted octanol–water partition coefficient (Wildman–Crippen LogP) is 5.74. The second kappa shape index (κ2) is 11.8. The van der Waals surface area contributed by atoms with Crippen LogP contribution in [0.2, 0.25) is 20.1 Å². The Morgan fingerprint density at radius 3 is 2.52 bits per heavy atom. The van der Waals surface area contributed by atoms with Crippen molar-refractivity contribution in [3.8, 4) is 0 Å². The third kappa shape index (κ3) is 6.88. The van der Waals surface area contributed by atoms with Gasteiger partial charge in [0, 0.05) is 17.1 Å². The summed E-state index contributed by atoms with van der Waals surface area (Å²) in [6.07, 6.45) is 1.67. The molecule has 2 amide bonds. The van der Waals surface area contributed by atoms with Crippen molar-refractivity contribution in [1.82, 2.24) is 20.1 Å². The molecule has 0 fully saturated rings. The first-order valence-corrected chi connectivity index (χ1v) is 11.9. The van der Waals surface area contributed by atoms with Crippen molar-refractivity contribution in [3.63, 3.8) is 0 Å². The van der Waals surface area contributed by atoms with E-state index in [-0.39, 0.29) is 29.1 Å². The third-order valence-corrected chi connectivity index (χ3v) is 6.50. The first-order chi connectivity index (χ1) is 15.8. The summed E-state index contributed by atoms with van der Waals surface area (Å²) < 4.78 is 1.76. The summed E-state index contributed by atoms with van der Waals surface area (Å²) in [7, 11) is 0. The number of carbonyl (C=O) groups is 2. The summed E-state index contributed by atoms with van der Waals surface area (Å²) in [5.74, 6) is -0.0575. The molecule has 1 aromatic heterocycles. The van der Waals surface area contributed by atoms with Crippen molar-refractivity contribution in [2.75, 3.05) is 11.1 Å². The van der Waals surface area contributed by atoms with Gasteiger partial charge in [-0.05, 0) is 36.4 Å². The first kappa shape index (κ1) is 25.4. The minimum atomic E-state index is -0.339. The highest BCUT2D eigenvalue weighted by molar-refractivity contribution is 7.99. The average Bonchev–Trinajstić information content (AvgIpc) is 3.17. The van der Waals surface area contributed by atoms with Crippen LogP contribution in [0, 0.1) is 0 Å². The first-order valence-electron chi connectivity index (χ1n) is 9.42. The average molecular weight is 545 g/mol. The number of nitrogens with zero attached hydrogens (tertiary/aromatic N) is 3. The van der Waals surface area contributed by atoms with E-state index in [1.165, 1.54) is 17.8 Å². The molecule has 0 bridgehead atoms. The molecule has 3 aromatic rings. The minimum Gasteiger partial charge on any atom is -0.345 e. The fourth-order valence-electron chi connectivity index (χ4n) is 2.68. The van der Waals surface area contributed by atoms with Crippen LogP contribution in [0.25, 0.3) is 0 Å². The predicted molar refractivity (Wildman–Crippen MR) is 134 cm³/mol. The number of thioether (sulfide) groups is 1. The fourth-order valence-corrected chi connectivity index (χ4v) is 4.08. The van der Waals surface area contributed by atoms with Crippen LogP contribution in [-0.4, -0.2) is 32.3 Å². The van der Waals surface area contributed by atoms with Gasteiger partial charge in [0.25, 0.3) is 5.91 Å². The van der Waals surface area contributed by atoms with E-state index in [1.807, 2.05) is 0 Å². The molecule has 12 heteroatoms. The highest BCUT2D eigenvalue weighted by atomic mass is 35.5. The van der Waals surface area contributed by atoms with E-state index in [9.17, 15) is 9.59 Å². The molecule has 1 heterocycles. The van der Waals surface area contributed by atoms with Crippen LogP contribution in [0.5, 0.6) is 0 Å². The Morgan fingerprint density at radius 1 is 1.03 bits per heavy atom. The Bertz CT molecular complexity index is 1200. The molecular weight excluding hydrogens is 528 g/mol. The van der Waals surface area contributed by atoms with Crippen LogP contribution in [0.15, 0.2) is 54.2 Å². The van der Waals surface area contributed by atoms with Crippen LogP contribution in [-0.2, 0) is 17.9 Å². The SMILES string of the molecule is C=CCn1c(CNC(=O)c2ccc(Cl)c(Cl)c2)nnc1SCC(=O)Nc1cc(Cl)ccc1Cl. The number of rotatable bonds is 9. The Labute approximate surface area is 214 Å². The standard InChI is InChI=1S/C21H17Cl4N5O2S/c1-2-7-30-18(10-26-20(32)12-3-5-14(23)16(25)8-12)28-29-21(30)33-11-19(31)27-17-9-13(22)4-6-15(17)24/h2-6,8-9H,1,7,10-11H2,(H,26,32)(H,27,31). The number of nitrogens with one attached hydrogen (secondary N) is 2. The minimum absolute atomic E-state index is 0.0632. The maximum Gasteiger partial charge on any atom is 0.251 e. The van der Waals surface area contributed by atoms with Gasteiger partial charge in [-0.2, -0.15) is 0 Å². The molecule has 2 N–H and O–H groups in total. The molecule has 0 spiro atoms. The second-order valence-corrected chi connectivity index (χ2v) is 9.17. The normalized spacial score (nSPS) is 10.7.